The van der Waals surface area contributed by atoms with Gasteiger partial charge in [-0.25, -0.2) is 4.79 Å². The quantitative estimate of drug-likeness (QED) is 0.772. The summed E-state index contributed by atoms with van der Waals surface area (Å²) in [6, 6.07) is 0.272. The first-order chi connectivity index (χ1) is 7.94. The van der Waals surface area contributed by atoms with Gasteiger partial charge in [0.2, 0.25) is 0 Å². The van der Waals surface area contributed by atoms with Crippen molar-refractivity contribution in [2.45, 2.75) is 64.2 Å². The number of carbonyl (C=O) groups excluding carboxylic acids is 1. The summed E-state index contributed by atoms with van der Waals surface area (Å²) in [7, 11) is 0. The first kappa shape index (κ1) is 12.7. The Hall–Kier alpha value is -0.770. The van der Waals surface area contributed by atoms with E-state index >= 15 is 0 Å². The second-order valence-corrected chi connectivity index (χ2v) is 6.13. The molecule has 1 saturated carbocycles. The summed E-state index contributed by atoms with van der Waals surface area (Å²) in [6.45, 7) is 6.56. The van der Waals surface area contributed by atoms with Gasteiger partial charge < -0.3 is 14.8 Å². The third kappa shape index (κ3) is 4.19. The molecule has 1 aliphatic carbocycles. The number of carbonyl (C=O) groups is 1. The maximum Gasteiger partial charge on any atom is 0.407 e. The van der Waals surface area contributed by atoms with Crippen LogP contribution in [0, 0.1) is 5.92 Å². The minimum absolute atomic E-state index is 0.272. The molecule has 0 radical (unpaired) electrons. The van der Waals surface area contributed by atoms with Gasteiger partial charge in [0.25, 0.3) is 0 Å². The van der Waals surface area contributed by atoms with Gasteiger partial charge in [-0.1, -0.05) is 6.42 Å². The highest BCUT2D eigenvalue weighted by atomic mass is 16.6. The van der Waals surface area contributed by atoms with Crippen molar-refractivity contribution in [2.75, 3.05) is 6.61 Å². The van der Waals surface area contributed by atoms with Gasteiger partial charge in [-0.15, -0.1) is 0 Å². The summed E-state index contributed by atoms with van der Waals surface area (Å²) < 4.78 is 10.5. The standard InChI is InChI=1S/C13H23NO3/c1-13(2,3)17-12(15)14-11-6-4-5-9(11)7-10-8-16-10/h9-11H,4-8H2,1-3H3,(H,14,15). The first-order valence-corrected chi connectivity index (χ1v) is 6.55. The van der Waals surface area contributed by atoms with Gasteiger partial charge in [-0.2, -0.15) is 0 Å². The molecule has 4 heteroatoms. The molecule has 4 nitrogen and oxygen atoms in total. The summed E-state index contributed by atoms with van der Waals surface area (Å²) >= 11 is 0. The van der Waals surface area contributed by atoms with Gasteiger partial charge in [-0.3, -0.25) is 0 Å². The van der Waals surface area contributed by atoms with Gasteiger partial charge in [0.1, 0.15) is 5.60 Å². The van der Waals surface area contributed by atoms with E-state index in [2.05, 4.69) is 5.32 Å². The molecule has 2 fully saturated rings. The number of amides is 1. The Balaban J connectivity index is 1.78. The van der Waals surface area contributed by atoms with E-state index in [4.69, 9.17) is 9.47 Å². The van der Waals surface area contributed by atoms with E-state index in [0.29, 0.717) is 12.0 Å². The second-order valence-electron chi connectivity index (χ2n) is 6.13. The topological polar surface area (TPSA) is 50.9 Å². The highest BCUT2D eigenvalue weighted by molar-refractivity contribution is 5.68. The van der Waals surface area contributed by atoms with Crippen LogP contribution < -0.4 is 5.32 Å². The molecule has 0 aromatic carbocycles. The predicted octanol–water partition coefficient (Wildman–Crippen LogP) is 2.47. The van der Waals surface area contributed by atoms with Gasteiger partial charge in [0.15, 0.2) is 0 Å². The Labute approximate surface area is 103 Å². The van der Waals surface area contributed by atoms with Crippen molar-refractivity contribution in [3.63, 3.8) is 0 Å². The normalized spacial score (nSPS) is 32.3. The highest BCUT2D eigenvalue weighted by Gasteiger charge is 2.35. The van der Waals surface area contributed by atoms with Crippen LogP contribution in [-0.4, -0.2) is 30.4 Å². The molecular formula is C13H23NO3. The van der Waals surface area contributed by atoms with Crippen LogP contribution in [0.2, 0.25) is 0 Å². The molecule has 2 rings (SSSR count). The van der Waals surface area contributed by atoms with Crippen molar-refractivity contribution in [1.82, 2.24) is 5.32 Å². The lowest BCUT2D eigenvalue weighted by Gasteiger charge is -2.24. The number of ether oxygens (including phenoxy) is 2. The monoisotopic (exact) mass is 241 g/mol. The zero-order chi connectivity index (χ0) is 12.5. The molecule has 2 aliphatic rings. The zero-order valence-corrected chi connectivity index (χ0v) is 11.0. The van der Waals surface area contributed by atoms with Crippen LogP contribution in [0.1, 0.15) is 46.5 Å². The molecule has 0 bridgehead atoms. The van der Waals surface area contributed by atoms with Crippen molar-refractivity contribution < 1.29 is 14.3 Å². The fourth-order valence-corrected chi connectivity index (χ4v) is 2.51. The number of hydrogen-bond acceptors (Lipinski definition) is 3. The third-order valence-electron chi connectivity index (χ3n) is 3.33. The number of hydrogen-bond donors (Lipinski definition) is 1. The first-order valence-electron chi connectivity index (χ1n) is 6.55. The molecule has 98 valence electrons. The predicted molar refractivity (Wildman–Crippen MR) is 64.9 cm³/mol. The molecule has 0 spiro atoms. The summed E-state index contributed by atoms with van der Waals surface area (Å²) in [5.41, 5.74) is -0.419. The van der Waals surface area contributed by atoms with E-state index in [9.17, 15) is 4.79 Å². The van der Waals surface area contributed by atoms with Crippen LogP contribution in [0.3, 0.4) is 0 Å². The van der Waals surface area contributed by atoms with E-state index in [1.54, 1.807) is 0 Å². The van der Waals surface area contributed by atoms with E-state index in [1.165, 1.54) is 12.8 Å². The van der Waals surface area contributed by atoms with Gasteiger partial charge in [0.05, 0.1) is 12.7 Å². The van der Waals surface area contributed by atoms with Crippen LogP contribution in [0.15, 0.2) is 0 Å². The Kier molecular flexibility index (Phi) is 3.61. The molecule has 1 heterocycles. The largest absolute Gasteiger partial charge is 0.444 e. The van der Waals surface area contributed by atoms with E-state index < -0.39 is 5.60 Å². The van der Waals surface area contributed by atoms with Crippen molar-refractivity contribution in [1.29, 1.82) is 0 Å². The van der Waals surface area contributed by atoms with Crippen LogP contribution in [-0.2, 0) is 9.47 Å². The summed E-state index contributed by atoms with van der Waals surface area (Å²) in [5, 5.41) is 3.00. The summed E-state index contributed by atoms with van der Waals surface area (Å²) in [6.07, 6.45) is 4.70. The van der Waals surface area contributed by atoms with Crippen LogP contribution >= 0.6 is 0 Å². The van der Waals surface area contributed by atoms with Gasteiger partial charge in [0, 0.05) is 6.04 Å². The third-order valence-corrected chi connectivity index (χ3v) is 3.33. The Morgan fingerprint density at radius 3 is 2.71 bits per heavy atom. The average Bonchev–Trinajstić information content (AvgIpc) is 2.86. The smallest absolute Gasteiger partial charge is 0.407 e. The zero-order valence-electron chi connectivity index (χ0n) is 11.0. The average molecular weight is 241 g/mol. The molecule has 0 aromatic rings. The number of rotatable bonds is 3. The van der Waals surface area contributed by atoms with Crippen LogP contribution in [0.4, 0.5) is 4.79 Å². The van der Waals surface area contributed by atoms with Gasteiger partial charge >= 0.3 is 6.09 Å². The lowest BCUT2D eigenvalue weighted by Crippen LogP contribution is -2.41. The molecular weight excluding hydrogens is 218 g/mol. The van der Waals surface area contributed by atoms with Crippen molar-refractivity contribution in [2.24, 2.45) is 5.92 Å². The Morgan fingerprint density at radius 2 is 2.12 bits per heavy atom. The fraction of sp³-hybridized carbons (Fsp3) is 0.923. The molecule has 1 saturated heterocycles. The van der Waals surface area contributed by atoms with Crippen molar-refractivity contribution >= 4 is 6.09 Å². The molecule has 1 aliphatic heterocycles. The van der Waals surface area contributed by atoms with E-state index in [-0.39, 0.29) is 12.1 Å². The molecule has 17 heavy (non-hydrogen) atoms. The van der Waals surface area contributed by atoms with Crippen LogP contribution in [0.25, 0.3) is 0 Å². The second kappa shape index (κ2) is 4.84. The molecule has 0 aromatic heterocycles. The van der Waals surface area contributed by atoms with E-state index in [0.717, 1.165) is 19.4 Å². The molecule has 3 unspecified atom stereocenters. The maximum atomic E-state index is 11.7. The molecule has 1 amide bonds. The van der Waals surface area contributed by atoms with E-state index in [1.807, 2.05) is 20.8 Å². The number of nitrogens with one attached hydrogen (secondary N) is 1. The minimum Gasteiger partial charge on any atom is -0.444 e. The van der Waals surface area contributed by atoms with Crippen molar-refractivity contribution in [3.8, 4) is 0 Å². The molecule has 1 N–H and O–H groups in total. The fourth-order valence-electron chi connectivity index (χ4n) is 2.51. The van der Waals surface area contributed by atoms with Crippen molar-refractivity contribution in [3.05, 3.63) is 0 Å². The lowest BCUT2D eigenvalue weighted by atomic mass is 9.98. The molecule has 3 atom stereocenters. The highest BCUT2D eigenvalue weighted by Crippen LogP contribution is 2.33. The van der Waals surface area contributed by atoms with Crippen LogP contribution in [0.5, 0.6) is 0 Å². The summed E-state index contributed by atoms with van der Waals surface area (Å²) in [5.74, 6) is 0.565. The number of alkyl carbamates (subject to hydrolysis) is 1. The number of epoxide rings is 1. The summed E-state index contributed by atoms with van der Waals surface area (Å²) in [4.78, 5) is 11.7. The maximum absolute atomic E-state index is 11.7. The SMILES string of the molecule is CC(C)(C)OC(=O)NC1CCCC1CC1CO1. The Bertz CT molecular complexity index is 281. The van der Waals surface area contributed by atoms with Gasteiger partial charge in [-0.05, 0) is 46.0 Å². The minimum atomic E-state index is -0.419. The Morgan fingerprint density at radius 1 is 1.41 bits per heavy atom. The lowest BCUT2D eigenvalue weighted by molar-refractivity contribution is 0.0490.